The summed E-state index contributed by atoms with van der Waals surface area (Å²) in [6, 6.07) is 0. The molecule has 0 aromatic carbocycles. The lowest BCUT2D eigenvalue weighted by molar-refractivity contribution is 0.484. The van der Waals surface area contributed by atoms with Gasteiger partial charge in [-0.2, -0.15) is 0 Å². The molecule has 1 N–H and O–H groups in total. The molecule has 0 spiro atoms. The molecule has 1 unspecified atom stereocenters. The van der Waals surface area contributed by atoms with Gasteiger partial charge in [0.1, 0.15) is 0 Å². The van der Waals surface area contributed by atoms with Crippen molar-refractivity contribution < 1.29 is 0 Å². The summed E-state index contributed by atoms with van der Waals surface area (Å²) < 4.78 is 0. The second kappa shape index (κ2) is 12.0. The maximum absolute atomic E-state index is 3.33. The van der Waals surface area contributed by atoms with Crippen LogP contribution in [0.2, 0.25) is 0 Å². The van der Waals surface area contributed by atoms with E-state index in [1.165, 1.54) is 19.4 Å². The van der Waals surface area contributed by atoms with Crippen molar-refractivity contribution in [2.75, 3.05) is 13.1 Å². The minimum atomic E-state index is 0.833. The highest BCUT2D eigenvalue weighted by Crippen LogP contribution is 2.01. The molecular weight excluding hydrogens is 158 g/mol. The molecule has 0 aromatic rings. The second-order valence-electron chi connectivity index (χ2n) is 4.43. The molecule has 0 bridgehead atoms. The van der Waals surface area contributed by atoms with Crippen molar-refractivity contribution in [3.8, 4) is 0 Å². The SMILES string of the molecule is CC(C)C.CCCC(C)CNCC. The van der Waals surface area contributed by atoms with Gasteiger partial charge in [0.25, 0.3) is 0 Å². The topological polar surface area (TPSA) is 12.0 Å². The average Bonchev–Trinajstić information content (AvgIpc) is 2.00. The van der Waals surface area contributed by atoms with Crippen LogP contribution >= 0.6 is 0 Å². The van der Waals surface area contributed by atoms with Crippen molar-refractivity contribution in [3.63, 3.8) is 0 Å². The largest absolute Gasteiger partial charge is 0.317 e. The lowest BCUT2D eigenvalue weighted by Crippen LogP contribution is -2.20. The fraction of sp³-hybridized carbons (Fsp3) is 1.00. The number of nitrogens with one attached hydrogen (secondary N) is 1. The predicted molar refractivity (Wildman–Crippen MR) is 63.1 cm³/mol. The molecule has 13 heavy (non-hydrogen) atoms. The van der Waals surface area contributed by atoms with Crippen LogP contribution in [0.4, 0.5) is 0 Å². The Balaban J connectivity index is 0. The van der Waals surface area contributed by atoms with Gasteiger partial charge < -0.3 is 5.32 Å². The van der Waals surface area contributed by atoms with Crippen molar-refractivity contribution >= 4 is 0 Å². The molecule has 0 saturated carbocycles. The van der Waals surface area contributed by atoms with Gasteiger partial charge in [-0.3, -0.25) is 0 Å². The number of hydrogen-bond acceptors (Lipinski definition) is 1. The van der Waals surface area contributed by atoms with Gasteiger partial charge in [-0.1, -0.05) is 48.0 Å². The van der Waals surface area contributed by atoms with E-state index in [0.29, 0.717) is 0 Å². The molecule has 1 atom stereocenters. The summed E-state index contributed by atoms with van der Waals surface area (Å²) in [6.07, 6.45) is 2.67. The monoisotopic (exact) mass is 187 g/mol. The quantitative estimate of drug-likeness (QED) is 0.692. The first-order valence-corrected chi connectivity index (χ1v) is 5.75. The van der Waals surface area contributed by atoms with Gasteiger partial charge in [0.05, 0.1) is 0 Å². The highest BCUT2D eigenvalue weighted by Gasteiger charge is 1.96. The molecule has 0 radical (unpaired) electrons. The molecule has 0 aliphatic carbocycles. The van der Waals surface area contributed by atoms with E-state index in [4.69, 9.17) is 0 Å². The molecule has 0 heterocycles. The van der Waals surface area contributed by atoms with E-state index >= 15 is 0 Å². The maximum Gasteiger partial charge on any atom is -0.00233 e. The maximum atomic E-state index is 3.33. The van der Waals surface area contributed by atoms with E-state index in [0.717, 1.165) is 18.4 Å². The van der Waals surface area contributed by atoms with Crippen LogP contribution in [0, 0.1) is 11.8 Å². The van der Waals surface area contributed by atoms with Gasteiger partial charge in [-0.25, -0.2) is 0 Å². The minimum Gasteiger partial charge on any atom is -0.317 e. The first-order chi connectivity index (χ1) is 6.04. The Kier molecular flexibility index (Phi) is 14.2. The molecule has 0 rings (SSSR count). The molecule has 1 nitrogen and oxygen atoms in total. The van der Waals surface area contributed by atoms with Crippen molar-refractivity contribution in [3.05, 3.63) is 0 Å². The predicted octanol–water partition coefficient (Wildman–Crippen LogP) is 3.69. The van der Waals surface area contributed by atoms with E-state index < -0.39 is 0 Å². The minimum absolute atomic E-state index is 0.833. The van der Waals surface area contributed by atoms with Crippen LogP contribution in [-0.2, 0) is 0 Å². The Bertz CT molecular complexity index is 76.4. The van der Waals surface area contributed by atoms with E-state index in [9.17, 15) is 0 Å². The Morgan fingerprint density at radius 1 is 1.00 bits per heavy atom. The standard InChI is InChI=1S/C8H19N.C4H10/c1-4-6-8(3)7-9-5-2;1-4(2)3/h8-9H,4-7H2,1-3H3;4H,1-3H3. The zero-order valence-corrected chi connectivity index (χ0v) is 10.5. The summed E-state index contributed by atoms with van der Waals surface area (Å²) in [5.41, 5.74) is 0. The average molecular weight is 187 g/mol. The normalized spacial score (nSPS) is 12.2. The zero-order chi connectivity index (χ0) is 10.7. The number of hydrogen-bond donors (Lipinski definition) is 1. The molecule has 0 fully saturated rings. The fourth-order valence-corrected chi connectivity index (χ4v) is 0.986. The van der Waals surface area contributed by atoms with Crippen LogP contribution in [-0.4, -0.2) is 13.1 Å². The summed E-state index contributed by atoms with van der Waals surface area (Å²) in [6.45, 7) is 15.5. The summed E-state index contributed by atoms with van der Waals surface area (Å²) >= 11 is 0. The third-order valence-corrected chi connectivity index (χ3v) is 1.52. The lowest BCUT2D eigenvalue weighted by atomic mass is 10.1. The van der Waals surface area contributed by atoms with E-state index in [1.807, 2.05) is 0 Å². The zero-order valence-electron chi connectivity index (χ0n) is 10.5. The molecule has 0 aliphatic heterocycles. The van der Waals surface area contributed by atoms with E-state index in [1.54, 1.807) is 0 Å². The third kappa shape index (κ3) is 24.5. The smallest absolute Gasteiger partial charge is 0.00233 e. The molecule has 0 aromatic heterocycles. The fourth-order valence-electron chi connectivity index (χ4n) is 0.986. The van der Waals surface area contributed by atoms with Gasteiger partial charge in [0.15, 0.2) is 0 Å². The van der Waals surface area contributed by atoms with Crippen molar-refractivity contribution in [1.82, 2.24) is 5.32 Å². The Morgan fingerprint density at radius 2 is 1.46 bits per heavy atom. The molecule has 82 valence electrons. The Hall–Kier alpha value is -0.0400. The highest BCUT2D eigenvalue weighted by molar-refractivity contribution is 4.53. The van der Waals surface area contributed by atoms with Crippen LogP contribution in [0.15, 0.2) is 0 Å². The van der Waals surface area contributed by atoms with Crippen LogP contribution in [0.3, 0.4) is 0 Å². The van der Waals surface area contributed by atoms with Gasteiger partial charge in [-0.15, -0.1) is 0 Å². The van der Waals surface area contributed by atoms with Crippen LogP contribution in [0.1, 0.15) is 54.4 Å². The molecule has 0 amide bonds. The molecule has 0 saturated heterocycles. The van der Waals surface area contributed by atoms with Crippen molar-refractivity contribution in [2.24, 2.45) is 11.8 Å². The summed E-state index contributed by atoms with van der Waals surface area (Å²) in [5, 5.41) is 3.33. The van der Waals surface area contributed by atoms with E-state index in [-0.39, 0.29) is 0 Å². The number of rotatable bonds is 5. The lowest BCUT2D eigenvalue weighted by Gasteiger charge is -2.08. The molecule has 1 heteroatoms. The summed E-state index contributed by atoms with van der Waals surface area (Å²) in [7, 11) is 0. The first-order valence-electron chi connectivity index (χ1n) is 5.75. The summed E-state index contributed by atoms with van der Waals surface area (Å²) in [4.78, 5) is 0. The van der Waals surface area contributed by atoms with Crippen molar-refractivity contribution in [2.45, 2.75) is 54.4 Å². The van der Waals surface area contributed by atoms with Crippen LogP contribution in [0.25, 0.3) is 0 Å². The first kappa shape index (κ1) is 15.4. The third-order valence-electron chi connectivity index (χ3n) is 1.52. The van der Waals surface area contributed by atoms with Crippen LogP contribution < -0.4 is 5.32 Å². The Labute approximate surface area is 85.3 Å². The van der Waals surface area contributed by atoms with E-state index in [2.05, 4.69) is 46.9 Å². The Morgan fingerprint density at radius 3 is 1.77 bits per heavy atom. The van der Waals surface area contributed by atoms with Gasteiger partial charge >= 0.3 is 0 Å². The highest BCUT2D eigenvalue weighted by atomic mass is 14.8. The van der Waals surface area contributed by atoms with Gasteiger partial charge in [0, 0.05) is 0 Å². The summed E-state index contributed by atoms with van der Waals surface area (Å²) in [5.74, 6) is 1.69. The molecular formula is C12H29N. The van der Waals surface area contributed by atoms with Crippen molar-refractivity contribution in [1.29, 1.82) is 0 Å². The second-order valence-corrected chi connectivity index (χ2v) is 4.43. The molecule has 0 aliphatic rings. The van der Waals surface area contributed by atoms with Gasteiger partial charge in [-0.05, 0) is 31.3 Å². The van der Waals surface area contributed by atoms with Gasteiger partial charge in [0.2, 0.25) is 0 Å². The van der Waals surface area contributed by atoms with Crippen LogP contribution in [0.5, 0.6) is 0 Å².